The molecule has 1 unspecified atom stereocenters. The number of unbranched alkanes of at least 4 members (excludes halogenated alkanes) is 12. The number of aliphatic hydroxyl groups is 2. The largest absolute Gasteiger partial charge is 0.396 e. The summed E-state index contributed by atoms with van der Waals surface area (Å²) in [6.07, 6.45) is 14.3. The van der Waals surface area contributed by atoms with Crippen LogP contribution in [0, 0.1) is 17.8 Å². The van der Waals surface area contributed by atoms with Gasteiger partial charge in [0, 0.05) is 37.6 Å². The summed E-state index contributed by atoms with van der Waals surface area (Å²) in [6, 6.07) is -3.28. The molecule has 0 aromatic heterocycles. The minimum absolute atomic E-state index is 0.120. The number of hydrogen-bond donors (Lipinski definition) is 7. The van der Waals surface area contributed by atoms with Gasteiger partial charge in [0.25, 0.3) is 0 Å². The standard InChI is InChI=1S/C40H74N6O8/c1-7-8-9-10-11-12-13-14-15-16-17-18-19-22-35(52)45-37(30(6)49)39(54)46-36(27(2)3)34(51)24-28(4)38(53)44-32(21-20-23-43-40(41)42)33(50)25-31(26-47)29(5)48/h27-28,30-32,36-37,47,49H,7-26H2,1-6H3,(H,44,53)(H,45,52)(H,46,54)(H4,41,42,43)/t28-,30-,31+,32+,36+,37?/m1/s1. The Morgan fingerprint density at radius 2 is 1.20 bits per heavy atom. The molecular weight excluding hydrogens is 692 g/mol. The molecule has 0 saturated heterocycles. The van der Waals surface area contributed by atoms with Crippen molar-refractivity contribution in [2.75, 3.05) is 13.2 Å². The van der Waals surface area contributed by atoms with E-state index in [1.54, 1.807) is 13.8 Å². The van der Waals surface area contributed by atoms with Crippen LogP contribution in [0.5, 0.6) is 0 Å². The van der Waals surface area contributed by atoms with E-state index in [1.165, 1.54) is 78.6 Å². The molecule has 0 aromatic rings. The van der Waals surface area contributed by atoms with E-state index in [1.807, 2.05) is 0 Å². The maximum atomic E-state index is 13.4. The molecule has 0 saturated carbocycles. The molecule has 9 N–H and O–H groups in total. The fourth-order valence-corrected chi connectivity index (χ4v) is 6.19. The number of nitrogens with one attached hydrogen (secondary N) is 3. The van der Waals surface area contributed by atoms with Crippen LogP contribution in [0.3, 0.4) is 0 Å². The summed E-state index contributed by atoms with van der Waals surface area (Å²) in [5, 5.41) is 27.9. The van der Waals surface area contributed by atoms with Crippen molar-refractivity contribution in [2.45, 2.75) is 181 Å². The Bertz CT molecular complexity index is 1160. The highest BCUT2D eigenvalue weighted by Gasteiger charge is 2.33. The minimum Gasteiger partial charge on any atom is -0.396 e. The van der Waals surface area contributed by atoms with Crippen LogP contribution in [0.15, 0.2) is 4.99 Å². The van der Waals surface area contributed by atoms with Gasteiger partial charge < -0.3 is 37.6 Å². The first kappa shape index (κ1) is 50.6. The van der Waals surface area contributed by atoms with Crippen molar-refractivity contribution < 1.29 is 39.0 Å². The van der Waals surface area contributed by atoms with E-state index in [-0.39, 0.29) is 55.8 Å². The number of aliphatic hydroxyl groups excluding tert-OH is 2. The normalized spacial score (nSPS) is 14.6. The Labute approximate surface area is 324 Å². The Morgan fingerprint density at radius 3 is 1.67 bits per heavy atom. The highest BCUT2D eigenvalue weighted by molar-refractivity contribution is 5.96. The first-order valence-electron chi connectivity index (χ1n) is 20.4. The van der Waals surface area contributed by atoms with E-state index in [0.29, 0.717) is 12.8 Å². The fraction of sp³-hybridized carbons (Fsp3) is 0.825. The van der Waals surface area contributed by atoms with Crippen molar-refractivity contribution in [3.63, 3.8) is 0 Å². The van der Waals surface area contributed by atoms with Crippen LogP contribution in [-0.2, 0) is 28.8 Å². The van der Waals surface area contributed by atoms with E-state index in [4.69, 9.17) is 11.5 Å². The highest BCUT2D eigenvalue weighted by Crippen LogP contribution is 2.16. The molecule has 54 heavy (non-hydrogen) atoms. The van der Waals surface area contributed by atoms with Gasteiger partial charge in [0.2, 0.25) is 17.7 Å². The van der Waals surface area contributed by atoms with Crippen molar-refractivity contribution in [3.05, 3.63) is 0 Å². The number of hydrogen-bond acceptors (Lipinski definition) is 9. The Balaban J connectivity index is 5.09. The third-order valence-electron chi connectivity index (χ3n) is 9.75. The fourth-order valence-electron chi connectivity index (χ4n) is 6.19. The van der Waals surface area contributed by atoms with Gasteiger partial charge in [-0.1, -0.05) is 105 Å². The Kier molecular flexibility index (Phi) is 28.0. The summed E-state index contributed by atoms with van der Waals surface area (Å²) in [6.45, 7) is 9.57. The second kappa shape index (κ2) is 29.9. The summed E-state index contributed by atoms with van der Waals surface area (Å²) in [5.41, 5.74) is 10.7. The number of aliphatic imine (C=N–C) groups is 1. The van der Waals surface area contributed by atoms with Gasteiger partial charge in [-0.05, 0) is 39.0 Å². The molecule has 312 valence electrons. The topological polar surface area (TPSA) is 243 Å². The van der Waals surface area contributed by atoms with Crippen LogP contribution >= 0.6 is 0 Å². The van der Waals surface area contributed by atoms with E-state index in [0.717, 1.165) is 19.3 Å². The van der Waals surface area contributed by atoms with Crippen molar-refractivity contribution in [1.82, 2.24) is 16.0 Å². The zero-order valence-electron chi connectivity index (χ0n) is 34.1. The quantitative estimate of drug-likeness (QED) is 0.0290. The van der Waals surface area contributed by atoms with Gasteiger partial charge in [-0.25, -0.2) is 0 Å². The van der Waals surface area contributed by atoms with Crippen LogP contribution < -0.4 is 27.4 Å². The molecule has 0 heterocycles. The number of nitrogens with zero attached hydrogens (tertiary/aromatic N) is 1. The van der Waals surface area contributed by atoms with Crippen LogP contribution in [0.2, 0.25) is 0 Å². The smallest absolute Gasteiger partial charge is 0.245 e. The third kappa shape index (κ3) is 23.4. The molecular formula is C40H74N6O8. The number of guanidine groups is 1. The second-order valence-electron chi connectivity index (χ2n) is 15.3. The van der Waals surface area contributed by atoms with Crippen molar-refractivity contribution in [3.8, 4) is 0 Å². The van der Waals surface area contributed by atoms with Gasteiger partial charge in [0.05, 0.1) is 24.8 Å². The van der Waals surface area contributed by atoms with E-state index in [2.05, 4.69) is 27.9 Å². The summed E-state index contributed by atoms with van der Waals surface area (Å²) in [5.74, 6) is -5.17. The van der Waals surface area contributed by atoms with Gasteiger partial charge in [-0.15, -0.1) is 0 Å². The van der Waals surface area contributed by atoms with E-state index < -0.39 is 66.1 Å². The molecule has 0 bridgehead atoms. The number of amides is 3. The zero-order chi connectivity index (χ0) is 41.1. The summed E-state index contributed by atoms with van der Waals surface area (Å²) in [4.78, 5) is 81.4. The summed E-state index contributed by atoms with van der Waals surface area (Å²) in [7, 11) is 0. The lowest BCUT2D eigenvalue weighted by Crippen LogP contribution is -2.57. The minimum atomic E-state index is -1.27. The zero-order valence-corrected chi connectivity index (χ0v) is 34.1. The lowest BCUT2D eigenvalue weighted by molar-refractivity contribution is -0.136. The number of carbonyl (C=O) groups excluding carboxylic acids is 6. The Hall–Kier alpha value is -3.39. The van der Waals surface area contributed by atoms with Gasteiger partial charge >= 0.3 is 0 Å². The predicted octanol–water partition coefficient (Wildman–Crippen LogP) is 3.76. The van der Waals surface area contributed by atoms with Crippen LogP contribution in [0.1, 0.15) is 157 Å². The molecule has 0 spiro atoms. The lowest BCUT2D eigenvalue weighted by atomic mass is 9.91. The second-order valence-corrected chi connectivity index (χ2v) is 15.3. The van der Waals surface area contributed by atoms with Crippen LogP contribution in [0.4, 0.5) is 0 Å². The van der Waals surface area contributed by atoms with Crippen molar-refractivity contribution in [2.24, 2.45) is 34.2 Å². The SMILES string of the molecule is CCCCCCCCCCCCCCCC(=O)NC(C(=O)N[C@H](C(=O)C[C@@H](C)C(=O)N[C@@H](CCCN=C(N)N)C(=O)C[C@@H](CO)C(C)=O)C(C)C)[C@@H](C)O. The molecule has 0 aromatic carbocycles. The summed E-state index contributed by atoms with van der Waals surface area (Å²) >= 11 is 0. The van der Waals surface area contributed by atoms with Gasteiger partial charge in [-0.2, -0.15) is 0 Å². The van der Waals surface area contributed by atoms with Crippen molar-refractivity contribution in [1.29, 1.82) is 0 Å². The molecule has 0 fully saturated rings. The monoisotopic (exact) mass is 767 g/mol. The first-order chi connectivity index (χ1) is 25.5. The molecule has 0 aliphatic heterocycles. The first-order valence-corrected chi connectivity index (χ1v) is 20.4. The number of ketones is 3. The number of Topliss-reactive ketones (excluding diaryl/α,β-unsaturated/α-hetero) is 3. The number of nitrogens with two attached hydrogens (primary N) is 2. The molecule has 0 aliphatic carbocycles. The highest BCUT2D eigenvalue weighted by atomic mass is 16.3. The number of carbonyl (C=O) groups is 6. The predicted molar refractivity (Wildman–Crippen MR) is 212 cm³/mol. The maximum absolute atomic E-state index is 13.4. The third-order valence-corrected chi connectivity index (χ3v) is 9.75. The Morgan fingerprint density at radius 1 is 0.667 bits per heavy atom. The van der Waals surface area contributed by atoms with Gasteiger partial charge in [0.1, 0.15) is 11.8 Å². The maximum Gasteiger partial charge on any atom is 0.245 e. The molecule has 14 nitrogen and oxygen atoms in total. The van der Waals surface area contributed by atoms with Crippen LogP contribution in [-0.4, -0.2) is 88.6 Å². The van der Waals surface area contributed by atoms with Gasteiger partial charge in [0.15, 0.2) is 17.5 Å². The number of rotatable bonds is 33. The molecule has 3 amide bonds. The van der Waals surface area contributed by atoms with Gasteiger partial charge in [-0.3, -0.25) is 33.8 Å². The lowest BCUT2D eigenvalue weighted by Gasteiger charge is -2.27. The molecule has 0 aliphatic rings. The average Bonchev–Trinajstić information content (AvgIpc) is 3.10. The molecule has 0 rings (SSSR count). The molecule has 14 heteroatoms. The molecule has 6 atom stereocenters. The van der Waals surface area contributed by atoms with E-state index >= 15 is 0 Å². The molecule has 0 radical (unpaired) electrons. The average molecular weight is 767 g/mol. The van der Waals surface area contributed by atoms with Crippen molar-refractivity contribution >= 4 is 41.0 Å². The summed E-state index contributed by atoms with van der Waals surface area (Å²) < 4.78 is 0. The van der Waals surface area contributed by atoms with Crippen LogP contribution in [0.25, 0.3) is 0 Å². The van der Waals surface area contributed by atoms with E-state index in [9.17, 15) is 39.0 Å².